The summed E-state index contributed by atoms with van der Waals surface area (Å²) in [5.41, 5.74) is 5.17. The van der Waals surface area contributed by atoms with E-state index < -0.39 is 8.80 Å². The summed E-state index contributed by atoms with van der Waals surface area (Å²) in [6, 6.07) is 0.794. The molecule has 0 aromatic rings. The Kier molecular flexibility index (Phi) is 7.49. The number of nitrogens with one attached hydrogen (secondary N) is 1. The van der Waals surface area contributed by atoms with Crippen molar-refractivity contribution < 1.29 is 13.3 Å². The SMILES string of the molecule is CO[Si](CCCNC=CN)(OC)OC. The number of rotatable bonds is 8. The molecule has 0 saturated carbocycles. The van der Waals surface area contributed by atoms with Crippen LogP contribution in [0.25, 0.3) is 0 Å². The van der Waals surface area contributed by atoms with Gasteiger partial charge in [0.25, 0.3) is 0 Å². The van der Waals surface area contributed by atoms with Gasteiger partial charge in [-0.2, -0.15) is 0 Å². The standard InChI is InChI=1S/C8H20N2O3Si/c1-11-14(12-2,13-3)8-4-6-10-7-5-9/h5,7,10H,4,6,8-9H2,1-3H3. The molecule has 0 aromatic carbocycles. The second-order valence-electron chi connectivity index (χ2n) is 2.71. The number of hydrogen-bond acceptors (Lipinski definition) is 5. The summed E-state index contributed by atoms with van der Waals surface area (Å²) in [7, 11) is 2.48. The molecule has 0 fully saturated rings. The highest BCUT2D eigenvalue weighted by molar-refractivity contribution is 6.60. The Hall–Kier alpha value is -0.563. The van der Waals surface area contributed by atoms with Gasteiger partial charge >= 0.3 is 8.80 Å². The molecular formula is C8H20N2O3Si. The van der Waals surface area contributed by atoms with Crippen LogP contribution in [0.4, 0.5) is 0 Å². The maximum Gasteiger partial charge on any atom is 0.500 e. The van der Waals surface area contributed by atoms with Crippen LogP contribution in [0, 0.1) is 0 Å². The first-order valence-corrected chi connectivity index (χ1v) is 6.43. The van der Waals surface area contributed by atoms with Crippen molar-refractivity contribution in [2.75, 3.05) is 27.9 Å². The van der Waals surface area contributed by atoms with E-state index >= 15 is 0 Å². The lowest BCUT2D eigenvalue weighted by Gasteiger charge is -2.24. The molecule has 0 saturated heterocycles. The summed E-state index contributed by atoms with van der Waals surface area (Å²) >= 11 is 0. The second kappa shape index (κ2) is 7.81. The first-order valence-electron chi connectivity index (χ1n) is 4.50. The molecule has 0 unspecified atom stereocenters. The molecule has 0 aliphatic heterocycles. The van der Waals surface area contributed by atoms with E-state index in [-0.39, 0.29) is 0 Å². The van der Waals surface area contributed by atoms with Crippen LogP contribution in [-0.4, -0.2) is 36.7 Å². The van der Waals surface area contributed by atoms with Gasteiger partial charge in [-0.25, -0.2) is 0 Å². The molecule has 84 valence electrons. The van der Waals surface area contributed by atoms with Crippen LogP contribution in [0.2, 0.25) is 6.04 Å². The van der Waals surface area contributed by atoms with E-state index in [0.717, 1.165) is 19.0 Å². The summed E-state index contributed by atoms with van der Waals surface area (Å²) in [4.78, 5) is 0. The highest BCUT2D eigenvalue weighted by Crippen LogP contribution is 2.14. The van der Waals surface area contributed by atoms with Crippen LogP contribution in [0.3, 0.4) is 0 Å². The Morgan fingerprint density at radius 3 is 2.21 bits per heavy atom. The van der Waals surface area contributed by atoms with E-state index in [2.05, 4.69) is 5.32 Å². The third-order valence-corrected chi connectivity index (χ3v) is 4.78. The van der Waals surface area contributed by atoms with Crippen molar-refractivity contribution in [1.29, 1.82) is 0 Å². The molecule has 0 aliphatic carbocycles. The highest BCUT2D eigenvalue weighted by Gasteiger charge is 2.36. The van der Waals surface area contributed by atoms with Crippen molar-refractivity contribution in [1.82, 2.24) is 5.32 Å². The Balaban J connectivity index is 3.71. The maximum atomic E-state index is 5.27. The monoisotopic (exact) mass is 220 g/mol. The molecule has 5 nitrogen and oxygen atoms in total. The van der Waals surface area contributed by atoms with Crippen molar-refractivity contribution in [3.8, 4) is 0 Å². The molecule has 14 heavy (non-hydrogen) atoms. The third-order valence-electron chi connectivity index (χ3n) is 1.95. The van der Waals surface area contributed by atoms with Crippen LogP contribution in [0.15, 0.2) is 12.4 Å². The van der Waals surface area contributed by atoms with Gasteiger partial charge in [0.1, 0.15) is 0 Å². The molecule has 0 radical (unpaired) electrons. The third kappa shape index (κ3) is 4.61. The van der Waals surface area contributed by atoms with Gasteiger partial charge in [0.05, 0.1) is 0 Å². The first kappa shape index (κ1) is 13.4. The Bertz CT molecular complexity index is 154. The van der Waals surface area contributed by atoms with E-state index in [1.165, 1.54) is 6.20 Å². The van der Waals surface area contributed by atoms with Crippen LogP contribution in [0.1, 0.15) is 6.42 Å². The largest absolute Gasteiger partial charge is 0.500 e. The van der Waals surface area contributed by atoms with Crippen molar-refractivity contribution in [3.63, 3.8) is 0 Å². The van der Waals surface area contributed by atoms with E-state index in [4.69, 9.17) is 19.0 Å². The molecule has 0 bridgehead atoms. The molecule has 0 heterocycles. The molecule has 3 N–H and O–H groups in total. The van der Waals surface area contributed by atoms with Gasteiger partial charge in [-0.15, -0.1) is 0 Å². The molecule has 0 atom stereocenters. The van der Waals surface area contributed by atoms with E-state index in [0.29, 0.717) is 0 Å². The maximum absolute atomic E-state index is 5.27. The topological polar surface area (TPSA) is 65.7 Å². The van der Waals surface area contributed by atoms with Crippen molar-refractivity contribution in [3.05, 3.63) is 12.4 Å². The molecule has 0 spiro atoms. The number of nitrogens with two attached hydrogens (primary N) is 1. The van der Waals surface area contributed by atoms with E-state index in [9.17, 15) is 0 Å². The summed E-state index contributed by atoms with van der Waals surface area (Å²) in [6.07, 6.45) is 4.09. The van der Waals surface area contributed by atoms with Crippen molar-refractivity contribution >= 4 is 8.80 Å². The average Bonchev–Trinajstić information content (AvgIpc) is 2.24. The van der Waals surface area contributed by atoms with Crippen LogP contribution < -0.4 is 11.1 Å². The van der Waals surface area contributed by atoms with Gasteiger partial charge in [0.2, 0.25) is 0 Å². The lowest BCUT2D eigenvalue weighted by atomic mass is 10.5. The summed E-state index contributed by atoms with van der Waals surface area (Å²) in [5.74, 6) is 0. The quantitative estimate of drug-likeness (QED) is 0.454. The highest BCUT2D eigenvalue weighted by atomic mass is 28.4. The normalized spacial score (nSPS) is 12.2. The minimum Gasteiger partial charge on any atom is -0.403 e. The molecule has 0 aromatic heterocycles. The van der Waals surface area contributed by atoms with Gasteiger partial charge in [-0.05, 0) is 6.42 Å². The van der Waals surface area contributed by atoms with Gasteiger partial charge < -0.3 is 24.3 Å². The Labute approximate surface area is 86.6 Å². The number of hydrogen-bond donors (Lipinski definition) is 2. The van der Waals surface area contributed by atoms with Gasteiger partial charge in [0.15, 0.2) is 0 Å². The van der Waals surface area contributed by atoms with Crippen LogP contribution >= 0.6 is 0 Å². The van der Waals surface area contributed by atoms with Gasteiger partial charge in [-0.3, -0.25) is 0 Å². The fraction of sp³-hybridized carbons (Fsp3) is 0.750. The summed E-state index contributed by atoms with van der Waals surface area (Å²) in [5, 5.41) is 3.03. The molecule has 0 aliphatic rings. The fourth-order valence-corrected chi connectivity index (χ4v) is 2.84. The Morgan fingerprint density at radius 2 is 1.79 bits per heavy atom. The summed E-state index contributed by atoms with van der Waals surface area (Å²) < 4.78 is 15.8. The lowest BCUT2D eigenvalue weighted by Crippen LogP contribution is -2.43. The summed E-state index contributed by atoms with van der Waals surface area (Å²) in [6.45, 7) is 0.832. The average molecular weight is 220 g/mol. The molecule has 0 rings (SSSR count). The van der Waals surface area contributed by atoms with Gasteiger partial charge in [-0.1, -0.05) is 0 Å². The fourth-order valence-electron chi connectivity index (χ4n) is 1.11. The van der Waals surface area contributed by atoms with E-state index in [1.54, 1.807) is 27.5 Å². The lowest BCUT2D eigenvalue weighted by molar-refractivity contribution is 0.123. The first-order chi connectivity index (χ1) is 6.74. The molecular weight excluding hydrogens is 200 g/mol. The van der Waals surface area contributed by atoms with Crippen LogP contribution in [-0.2, 0) is 13.3 Å². The van der Waals surface area contributed by atoms with Crippen molar-refractivity contribution in [2.24, 2.45) is 5.73 Å². The predicted octanol–water partition coefficient (Wildman–Crippen LogP) is 0.274. The zero-order chi connectivity index (χ0) is 10.9. The second-order valence-corrected chi connectivity index (χ2v) is 5.80. The molecule has 6 heteroatoms. The van der Waals surface area contributed by atoms with Gasteiger partial charge in [0, 0.05) is 46.3 Å². The zero-order valence-corrected chi connectivity index (χ0v) is 10.1. The predicted molar refractivity (Wildman–Crippen MR) is 57.5 cm³/mol. The minimum absolute atomic E-state index is 0.794. The molecule has 0 amide bonds. The van der Waals surface area contributed by atoms with Crippen molar-refractivity contribution in [2.45, 2.75) is 12.5 Å². The zero-order valence-electron chi connectivity index (χ0n) is 9.08. The van der Waals surface area contributed by atoms with E-state index in [1.807, 2.05) is 0 Å². The van der Waals surface area contributed by atoms with Crippen LogP contribution in [0.5, 0.6) is 0 Å². The Morgan fingerprint density at radius 1 is 1.21 bits per heavy atom. The smallest absolute Gasteiger partial charge is 0.403 e. The minimum atomic E-state index is -2.37.